The Morgan fingerprint density at radius 2 is 1.83 bits per heavy atom. The van der Waals surface area contributed by atoms with Gasteiger partial charge in [0.05, 0.1) is 35.8 Å². The molecule has 0 saturated heterocycles. The van der Waals surface area contributed by atoms with Gasteiger partial charge >= 0.3 is 5.97 Å². The maximum Gasteiger partial charge on any atom is 0.305 e. The number of esters is 1. The van der Waals surface area contributed by atoms with Gasteiger partial charge in [-0.25, -0.2) is 0 Å². The SMILES string of the molecule is CCOC(=O)CCCNC(=O)c1cccc(C2C(C#N)=C(C)NC(C)=C2C#N)c1. The first kappa shape index (κ1) is 21.7. The number of dihydropyridines is 1. The molecule has 1 aliphatic heterocycles. The average molecular weight is 392 g/mol. The predicted octanol–water partition coefficient (Wildman–Crippen LogP) is 3.04. The van der Waals surface area contributed by atoms with E-state index in [0.29, 0.717) is 53.2 Å². The summed E-state index contributed by atoms with van der Waals surface area (Å²) >= 11 is 0. The Balaban J connectivity index is 2.17. The molecular weight excluding hydrogens is 368 g/mol. The van der Waals surface area contributed by atoms with Crippen molar-refractivity contribution in [1.82, 2.24) is 10.6 Å². The van der Waals surface area contributed by atoms with Crippen molar-refractivity contribution < 1.29 is 14.3 Å². The van der Waals surface area contributed by atoms with Gasteiger partial charge in [0.15, 0.2) is 0 Å². The number of rotatable bonds is 7. The maximum absolute atomic E-state index is 12.5. The molecule has 2 N–H and O–H groups in total. The molecule has 0 atom stereocenters. The Labute approximate surface area is 170 Å². The minimum absolute atomic E-state index is 0.244. The summed E-state index contributed by atoms with van der Waals surface area (Å²) in [5.74, 6) is -1.07. The summed E-state index contributed by atoms with van der Waals surface area (Å²) in [6, 6.07) is 11.3. The van der Waals surface area contributed by atoms with Gasteiger partial charge in [0, 0.05) is 29.9 Å². The monoisotopic (exact) mass is 392 g/mol. The van der Waals surface area contributed by atoms with Crippen LogP contribution in [0.25, 0.3) is 0 Å². The number of carbonyl (C=O) groups is 2. The Bertz CT molecular complexity index is 912. The van der Waals surface area contributed by atoms with E-state index in [0.717, 1.165) is 0 Å². The van der Waals surface area contributed by atoms with Crippen LogP contribution in [0.4, 0.5) is 0 Å². The van der Waals surface area contributed by atoms with Gasteiger partial charge in [0.2, 0.25) is 0 Å². The first-order chi connectivity index (χ1) is 13.9. The molecule has 150 valence electrons. The summed E-state index contributed by atoms with van der Waals surface area (Å²) in [6.45, 7) is 6.02. The van der Waals surface area contributed by atoms with E-state index >= 15 is 0 Å². The van der Waals surface area contributed by atoms with Crippen molar-refractivity contribution in [2.24, 2.45) is 0 Å². The quantitative estimate of drug-likeness (QED) is 0.544. The predicted molar refractivity (Wildman–Crippen MR) is 107 cm³/mol. The summed E-state index contributed by atoms with van der Waals surface area (Å²) < 4.78 is 4.86. The first-order valence-electron chi connectivity index (χ1n) is 9.45. The molecule has 1 heterocycles. The van der Waals surface area contributed by atoms with E-state index in [2.05, 4.69) is 22.8 Å². The van der Waals surface area contributed by atoms with Crippen molar-refractivity contribution >= 4 is 11.9 Å². The largest absolute Gasteiger partial charge is 0.466 e. The lowest BCUT2D eigenvalue weighted by Gasteiger charge is -2.26. The Morgan fingerprint density at radius 3 is 2.41 bits per heavy atom. The number of carbonyl (C=O) groups excluding carboxylic acids is 2. The summed E-state index contributed by atoms with van der Waals surface area (Å²) in [5, 5.41) is 25.1. The zero-order valence-corrected chi connectivity index (χ0v) is 16.8. The number of nitriles is 2. The van der Waals surface area contributed by atoms with Crippen LogP contribution in [0.2, 0.25) is 0 Å². The van der Waals surface area contributed by atoms with E-state index in [4.69, 9.17) is 4.74 Å². The highest BCUT2D eigenvalue weighted by Crippen LogP contribution is 2.37. The van der Waals surface area contributed by atoms with Crippen LogP contribution in [0.3, 0.4) is 0 Å². The molecule has 1 aromatic rings. The third-order valence-electron chi connectivity index (χ3n) is 4.63. The number of nitrogens with one attached hydrogen (secondary N) is 2. The molecule has 0 aromatic heterocycles. The lowest BCUT2D eigenvalue weighted by Crippen LogP contribution is -2.26. The zero-order chi connectivity index (χ0) is 21.4. The number of allylic oxidation sites excluding steroid dienone is 4. The van der Waals surface area contributed by atoms with Crippen LogP contribution in [0.15, 0.2) is 46.8 Å². The summed E-state index contributed by atoms with van der Waals surface area (Å²) in [5.41, 5.74) is 3.45. The number of hydrogen-bond acceptors (Lipinski definition) is 6. The fourth-order valence-electron chi connectivity index (χ4n) is 3.25. The van der Waals surface area contributed by atoms with E-state index in [9.17, 15) is 20.1 Å². The standard InChI is InChI=1S/C22H24N4O3/c1-4-29-20(27)9-6-10-25-22(28)17-8-5-7-16(11-17)21-18(12-23)14(2)26-15(3)19(21)13-24/h5,7-8,11,21,26H,4,6,9-10H2,1-3H3,(H,25,28). The molecule has 29 heavy (non-hydrogen) atoms. The molecule has 1 aromatic carbocycles. The van der Waals surface area contributed by atoms with E-state index in [1.54, 1.807) is 39.0 Å². The second-order valence-electron chi connectivity index (χ2n) is 6.65. The molecule has 0 spiro atoms. The van der Waals surface area contributed by atoms with Crippen LogP contribution in [-0.4, -0.2) is 25.0 Å². The summed E-state index contributed by atoms with van der Waals surface area (Å²) in [7, 11) is 0. The van der Waals surface area contributed by atoms with Crippen molar-refractivity contribution in [1.29, 1.82) is 10.5 Å². The van der Waals surface area contributed by atoms with Gasteiger partial charge in [-0.1, -0.05) is 12.1 Å². The van der Waals surface area contributed by atoms with Gasteiger partial charge in [0.25, 0.3) is 5.91 Å². The second-order valence-corrected chi connectivity index (χ2v) is 6.65. The Morgan fingerprint density at radius 1 is 1.17 bits per heavy atom. The Hall–Kier alpha value is -3.58. The molecule has 0 aliphatic carbocycles. The zero-order valence-electron chi connectivity index (χ0n) is 16.8. The highest BCUT2D eigenvalue weighted by Gasteiger charge is 2.29. The average Bonchev–Trinajstić information content (AvgIpc) is 2.71. The molecule has 0 bridgehead atoms. The number of benzene rings is 1. The van der Waals surface area contributed by atoms with Gasteiger partial charge in [-0.15, -0.1) is 0 Å². The summed E-state index contributed by atoms with van der Waals surface area (Å²) in [4.78, 5) is 23.8. The topological polar surface area (TPSA) is 115 Å². The molecule has 1 aliphatic rings. The van der Waals surface area contributed by atoms with Gasteiger partial charge < -0.3 is 15.4 Å². The molecular formula is C22H24N4O3. The van der Waals surface area contributed by atoms with Crippen molar-refractivity contribution in [2.45, 2.75) is 39.5 Å². The van der Waals surface area contributed by atoms with Gasteiger partial charge in [-0.2, -0.15) is 10.5 Å². The van der Waals surface area contributed by atoms with Gasteiger partial charge in [0.1, 0.15) is 0 Å². The smallest absolute Gasteiger partial charge is 0.305 e. The minimum atomic E-state index is -0.511. The van der Waals surface area contributed by atoms with Crippen molar-refractivity contribution in [2.75, 3.05) is 13.2 Å². The number of hydrogen-bond donors (Lipinski definition) is 2. The fourth-order valence-corrected chi connectivity index (χ4v) is 3.25. The van der Waals surface area contributed by atoms with E-state index in [-0.39, 0.29) is 18.3 Å². The second kappa shape index (κ2) is 10.1. The lowest BCUT2D eigenvalue weighted by atomic mass is 9.81. The number of nitrogens with zero attached hydrogens (tertiary/aromatic N) is 2. The number of ether oxygens (including phenoxy) is 1. The van der Waals surface area contributed by atoms with Gasteiger partial charge in [-0.05, 0) is 44.9 Å². The fraction of sp³-hybridized carbons (Fsp3) is 0.364. The van der Waals surface area contributed by atoms with Crippen molar-refractivity contribution in [3.05, 3.63) is 57.9 Å². The normalized spacial score (nSPS) is 14.0. The molecule has 0 fully saturated rings. The van der Waals surface area contributed by atoms with Crippen molar-refractivity contribution in [3.63, 3.8) is 0 Å². The lowest BCUT2D eigenvalue weighted by molar-refractivity contribution is -0.143. The van der Waals surface area contributed by atoms with Crippen LogP contribution in [0, 0.1) is 22.7 Å². The van der Waals surface area contributed by atoms with Crippen LogP contribution >= 0.6 is 0 Å². The Kier molecular flexibility index (Phi) is 7.56. The molecule has 2 rings (SSSR count). The third kappa shape index (κ3) is 5.24. The highest BCUT2D eigenvalue weighted by molar-refractivity contribution is 5.94. The molecule has 0 radical (unpaired) electrons. The van der Waals surface area contributed by atoms with Crippen LogP contribution in [0.5, 0.6) is 0 Å². The molecule has 7 heteroatoms. The highest BCUT2D eigenvalue weighted by atomic mass is 16.5. The summed E-state index contributed by atoms with van der Waals surface area (Å²) in [6.07, 6.45) is 0.730. The molecule has 0 unspecified atom stereocenters. The molecule has 0 saturated carbocycles. The van der Waals surface area contributed by atoms with E-state index in [1.807, 2.05) is 6.07 Å². The first-order valence-corrected chi connectivity index (χ1v) is 9.45. The number of amides is 1. The van der Waals surface area contributed by atoms with Crippen LogP contribution < -0.4 is 10.6 Å². The third-order valence-corrected chi connectivity index (χ3v) is 4.63. The van der Waals surface area contributed by atoms with Gasteiger partial charge in [-0.3, -0.25) is 9.59 Å². The van der Waals surface area contributed by atoms with Crippen LogP contribution in [-0.2, 0) is 9.53 Å². The van der Waals surface area contributed by atoms with E-state index < -0.39 is 5.92 Å². The maximum atomic E-state index is 12.5. The van der Waals surface area contributed by atoms with Crippen LogP contribution in [0.1, 0.15) is 55.5 Å². The van der Waals surface area contributed by atoms with Crippen molar-refractivity contribution in [3.8, 4) is 12.1 Å². The molecule has 7 nitrogen and oxygen atoms in total. The minimum Gasteiger partial charge on any atom is -0.466 e. The van der Waals surface area contributed by atoms with E-state index in [1.165, 1.54) is 0 Å². The molecule has 1 amide bonds.